The average molecular weight is 330 g/mol. The van der Waals surface area contributed by atoms with Crippen molar-refractivity contribution in [1.29, 1.82) is 0 Å². The summed E-state index contributed by atoms with van der Waals surface area (Å²) in [5.41, 5.74) is 1.12. The lowest BCUT2D eigenvalue weighted by molar-refractivity contribution is -0.132. The molecule has 24 heavy (non-hydrogen) atoms. The Kier molecular flexibility index (Phi) is 4.49. The normalized spacial score (nSPS) is 19.2. The third kappa shape index (κ3) is 2.86. The van der Waals surface area contributed by atoms with Crippen molar-refractivity contribution >= 4 is 23.2 Å². The predicted octanol–water partition coefficient (Wildman–Crippen LogP) is 1.43. The Morgan fingerprint density at radius 3 is 2.62 bits per heavy atom. The maximum absolute atomic E-state index is 13.3. The van der Waals surface area contributed by atoms with Crippen LogP contribution in [0.3, 0.4) is 0 Å². The highest BCUT2D eigenvalue weighted by Gasteiger charge is 2.46. The molecular weight excluding hydrogens is 304 g/mol. The Bertz CT molecular complexity index is 638. The van der Waals surface area contributed by atoms with E-state index in [1.165, 1.54) is 0 Å². The molecule has 2 aliphatic rings. The summed E-state index contributed by atoms with van der Waals surface area (Å²) in [7, 11) is 1.78. The van der Waals surface area contributed by atoms with Gasteiger partial charge in [-0.1, -0.05) is 12.1 Å². The summed E-state index contributed by atoms with van der Waals surface area (Å²) in [5.74, 6) is -0.0349. The zero-order valence-electron chi connectivity index (χ0n) is 14.6. The molecule has 0 aromatic heterocycles. The van der Waals surface area contributed by atoms with E-state index in [0.29, 0.717) is 0 Å². The molecule has 0 atom stereocenters. The lowest BCUT2D eigenvalue weighted by Crippen LogP contribution is -2.62. The maximum Gasteiger partial charge on any atom is 0.253 e. The second-order valence-corrected chi connectivity index (χ2v) is 6.96. The van der Waals surface area contributed by atoms with E-state index in [0.717, 1.165) is 37.3 Å². The van der Waals surface area contributed by atoms with Gasteiger partial charge >= 0.3 is 0 Å². The number of nitrogens with zero attached hydrogens (tertiary/aromatic N) is 2. The number of para-hydroxylation sites is 2. The molecule has 2 N–H and O–H groups in total. The highest BCUT2D eigenvalue weighted by Crippen LogP contribution is 2.38. The quantitative estimate of drug-likeness (QED) is 0.880. The van der Waals surface area contributed by atoms with E-state index >= 15 is 0 Å². The second-order valence-electron chi connectivity index (χ2n) is 6.96. The van der Waals surface area contributed by atoms with Crippen LogP contribution >= 0.6 is 0 Å². The fourth-order valence-corrected chi connectivity index (χ4v) is 3.38. The van der Waals surface area contributed by atoms with Crippen LogP contribution in [0.4, 0.5) is 11.4 Å². The molecule has 1 fully saturated rings. The van der Waals surface area contributed by atoms with Gasteiger partial charge < -0.3 is 15.5 Å². The fraction of sp³-hybridized carbons (Fsp3) is 0.556. The third-order valence-electron chi connectivity index (χ3n) is 5.14. The molecule has 1 spiro atoms. The standard InChI is InChI=1S/C18H26N4O2/c1-13(2)21(3)16(23)12-22-15-7-5-4-6-14(15)20-18(17(22)24)8-10-19-11-9-18/h4-7,13,19-20H,8-12H2,1-3H3. The number of anilines is 2. The largest absolute Gasteiger partial charge is 0.369 e. The molecule has 2 heterocycles. The van der Waals surface area contributed by atoms with Crippen LogP contribution in [0.1, 0.15) is 26.7 Å². The first-order valence-corrected chi connectivity index (χ1v) is 8.60. The van der Waals surface area contributed by atoms with Crippen LogP contribution in [0.15, 0.2) is 24.3 Å². The van der Waals surface area contributed by atoms with Gasteiger partial charge in [-0.2, -0.15) is 0 Å². The number of rotatable bonds is 3. The van der Waals surface area contributed by atoms with Crippen LogP contribution in [-0.2, 0) is 9.59 Å². The van der Waals surface area contributed by atoms with Crippen molar-refractivity contribution in [3.63, 3.8) is 0 Å². The molecule has 6 heteroatoms. The topological polar surface area (TPSA) is 64.7 Å². The molecule has 0 radical (unpaired) electrons. The Labute approximate surface area is 143 Å². The summed E-state index contributed by atoms with van der Waals surface area (Å²) in [5, 5.41) is 6.76. The molecule has 2 amide bonds. The molecule has 3 rings (SSSR count). The first-order valence-electron chi connectivity index (χ1n) is 8.60. The van der Waals surface area contributed by atoms with E-state index in [9.17, 15) is 9.59 Å². The average Bonchev–Trinajstić information content (AvgIpc) is 2.59. The van der Waals surface area contributed by atoms with Gasteiger partial charge in [0.25, 0.3) is 5.91 Å². The number of hydrogen-bond donors (Lipinski definition) is 2. The minimum Gasteiger partial charge on any atom is -0.369 e. The zero-order chi connectivity index (χ0) is 17.3. The lowest BCUT2D eigenvalue weighted by Gasteiger charge is -2.46. The van der Waals surface area contributed by atoms with Crippen molar-refractivity contribution < 1.29 is 9.59 Å². The van der Waals surface area contributed by atoms with Crippen LogP contribution in [0.5, 0.6) is 0 Å². The Hall–Kier alpha value is -2.08. The number of fused-ring (bicyclic) bond motifs is 1. The second kappa shape index (κ2) is 6.43. The summed E-state index contributed by atoms with van der Waals surface area (Å²) in [4.78, 5) is 29.2. The number of nitrogens with one attached hydrogen (secondary N) is 2. The Morgan fingerprint density at radius 2 is 1.96 bits per heavy atom. The smallest absolute Gasteiger partial charge is 0.253 e. The van der Waals surface area contributed by atoms with Crippen LogP contribution in [-0.4, -0.2) is 55.0 Å². The molecule has 1 saturated heterocycles. The summed E-state index contributed by atoms with van der Waals surface area (Å²) in [6.45, 7) is 5.63. The number of hydrogen-bond acceptors (Lipinski definition) is 4. The van der Waals surface area contributed by atoms with Gasteiger partial charge in [-0.25, -0.2) is 0 Å². The molecule has 6 nitrogen and oxygen atoms in total. The fourth-order valence-electron chi connectivity index (χ4n) is 3.38. The molecule has 2 aliphatic heterocycles. The first-order chi connectivity index (χ1) is 11.4. The molecular formula is C18H26N4O2. The number of carbonyl (C=O) groups excluding carboxylic acids is 2. The summed E-state index contributed by atoms with van der Waals surface area (Å²) in [6, 6.07) is 7.85. The Balaban J connectivity index is 1.93. The van der Waals surface area contributed by atoms with E-state index in [1.54, 1.807) is 16.8 Å². The van der Waals surface area contributed by atoms with Gasteiger partial charge in [0.2, 0.25) is 5.91 Å². The van der Waals surface area contributed by atoms with E-state index in [-0.39, 0.29) is 24.4 Å². The zero-order valence-corrected chi connectivity index (χ0v) is 14.6. The number of amides is 2. The number of likely N-dealkylation sites (N-methyl/N-ethyl adjacent to an activating group) is 1. The molecule has 1 aromatic carbocycles. The highest BCUT2D eigenvalue weighted by molar-refractivity contribution is 6.10. The minimum atomic E-state index is -0.601. The molecule has 130 valence electrons. The summed E-state index contributed by atoms with van der Waals surface area (Å²) < 4.78 is 0. The van der Waals surface area contributed by atoms with Crippen LogP contribution < -0.4 is 15.5 Å². The summed E-state index contributed by atoms with van der Waals surface area (Å²) >= 11 is 0. The van der Waals surface area contributed by atoms with Crippen molar-refractivity contribution in [2.45, 2.75) is 38.3 Å². The van der Waals surface area contributed by atoms with E-state index in [1.807, 2.05) is 38.1 Å². The minimum absolute atomic E-state index is 0.00760. The lowest BCUT2D eigenvalue weighted by atomic mass is 9.84. The van der Waals surface area contributed by atoms with Crippen molar-refractivity contribution in [2.24, 2.45) is 0 Å². The van der Waals surface area contributed by atoms with Gasteiger partial charge in [-0.3, -0.25) is 14.5 Å². The van der Waals surface area contributed by atoms with Crippen molar-refractivity contribution in [3.05, 3.63) is 24.3 Å². The number of benzene rings is 1. The third-order valence-corrected chi connectivity index (χ3v) is 5.14. The monoisotopic (exact) mass is 330 g/mol. The van der Waals surface area contributed by atoms with Gasteiger partial charge in [0.05, 0.1) is 11.4 Å². The number of carbonyl (C=O) groups is 2. The van der Waals surface area contributed by atoms with Crippen LogP contribution in [0.2, 0.25) is 0 Å². The van der Waals surface area contributed by atoms with Crippen LogP contribution in [0.25, 0.3) is 0 Å². The van der Waals surface area contributed by atoms with Gasteiger partial charge in [-0.05, 0) is 51.9 Å². The SMILES string of the molecule is CC(C)N(C)C(=O)CN1C(=O)C2(CCNCC2)Nc2ccccc21. The van der Waals surface area contributed by atoms with Gasteiger partial charge in [0.15, 0.2) is 0 Å². The van der Waals surface area contributed by atoms with Crippen LogP contribution in [0, 0.1) is 0 Å². The molecule has 0 bridgehead atoms. The maximum atomic E-state index is 13.3. The van der Waals surface area contributed by atoms with Crippen molar-refractivity contribution in [2.75, 3.05) is 36.9 Å². The van der Waals surface area contributed by atoms with E-state index < -0.39 is 5.54 Å². The highest BCUT2D eigenvalue weighted by atomic mass is 16.2. The van der Waals surface area contributed by atoms with E-state index in [2.05, 4.69) is 10.6 Å². The van der Waals surface area contributed by atoms with Gasteiger partial charge in [0, 0.05) is 13.1 Å². The van der Waals surface area contributed by atoms with Gasteiger partial charge in [-0.15, -0.1) is 0 Å². The first kappa shape index (κ1) is 16.8. The predicted molar refractivity (Wildman–Crippen MR) is 95.2 cm³/mol. The molecule has 1 aromatic rings. The van der Waals surface area contributed by atoms with Crippen molar-refractivity contribution in [1.82, 2.24) is 10.2 Å². The van der Waals surface area contributed by atoms with Crippen molar-refractivity contribution in [3.8, 4) is 0 Å². The Morgan fingerprint density at radius 1 is 1.29 bits per heavy atom. The molecule has 0 saturated carbocycles. The van der Waals surface area contributed by atoms with E-state index in [4.69, 9.17) is 0 Å². The molecule has 0 unspecified atom stereocenters. The molecule has 0 aliphatic carbocycles. The summed E-state index contributed by atoms with van der Waals surface area (Å²) in [6.07, 6.45) is 1.45. The van der Waals surface area contributed by atoms with Gasteiger partial charge in [0.1, 0.15) is 12.1 Å². The number of piperidine rings is 1.